The summed E-state index contributed by atoms with van der Waals surface area (Å²) in [5.74, 6) is -0.843. The summed E-state index contributed by atoms with van der Waals surface area (Å²) in [4.78, 5) is 24.5. The van der Waals surface area contributed by atoms with E-state index in [-0.39, 0.29) is 18.8 Å². The molecule has 1 aromatic carbocycles. The molecule has 134 valence electrons. The first kappa shape index (κ1) is 19.3. The zero-order valence-corrected chi connectivity index (χ0v) is 15.2. The second-order valence-corrected chi connectivity index (χ2v) is 6.84. The molecule has 0 aromatic heterocycles. The highest BCUT2D eigenvalue weighted by molar-refractivity contribution is 8.16. The molecule has 1 aromatic rings. The fourth-order valence-corrected chi connectivity index (χ4v) is 3.97. The van der Waals surface area contributed by atoms with Crippen LogP contribution in [0.2, 0.25) is 5.02 Å². The number of hydrogen-bond donors (Lipinski definition) is 2. The normalized spacial score (nSPS) is 17.9. The van der Waals surface area contributed by atoms with Crippen LogP contribution in [0, 0.1) is 10.1 Å². The van der Waals surface area contributed by atoms with Crippen molar-refractivity contribution in [2.24, 2.45) is 0 Å². The largest absolute Gasteiger partial charge is 0.473 e. The maximum Gasteiger partial charge on any atom is 0.369 e. The van der Waals surface area contributed by atoms with Gasteiger partial charge >= 0.3 is 5.30 Å². The predicted octanol–water partition coefficient (Wildman–Crippen LogP) is 3.88. The summed E-state index contributed by atoms with van der Waals surface area (Å²) in [5.41, 5.74) is 1.36. The van der Waals surface area contributed by atoms with Crippen LogP contribution >= 0.6 is 23.4 Å². The van der Waals surface area contributed by atoms with Crippen LogP contribution in [-0.2, 0) is 0 Å². The Kier molecular flexibility index (Phi) is 6.10. The van der Waals surface area contributed by atoms with Gasteiger partial charge in [0.05, 0.1) is 17.2 Å². The van der Waals surface area contributed by atoms with Crippen LogP contribution in [0.15, 0.2) is 46.3 Å². The van der Waals surface area contributed by atoms with Crippen molar-refractivity contribution >= 4 is 28.7 Å². The molecule has 2 rings (SSSR count). The van der Waals surface area contributed by atoms with Gasteiger partial charge in [-0.15, -0.1) is 0 Å². The Balaban J connectivity index is 2.72. The third-order valence-corrected chi connectivity index (χ3v) is 5.13. The molecular weight excluding hydrogens is 368 g/mol. The Hall–Kier alpha value is -2.03. The molecule has 1 aliphatic heterocycles. The number of rotatable bonds is 5. The molecule has 0 fully saturated rings. The van der Waals surface area contributed by atoms with Crippen LogP contribution in [0.3, 0.4) is 0 Å². The molecule has 0 saturated heterocycles. The van der Waals surface area contributed by atoms with Crippen LogP contribution in [0.1, 0.15) is 25.3 Å². The fraction of sp³-hybridized carbons (Fsp3) is 0.312. The Morgan fingerprint density at radius 2 is 2.08 bits per heavy atom. The van der Waals surface area contributed by atoms with E-state index < -0.39 is 16.1 Å². The lowest BCUT2D eigenvalue weighted by Crippen LogP contribution is -2.33. The molecule has 1 atom stereocenters. The minimum absolute atomic E-state index is 0.120. The summed E-state index contributed by atoms with van der Waals surface area (Å²) in [7, 11) is 0. The number of β-amino-alcohol motifs (C(OH)–C–C–N with tert-alkyl or cyclic N) is 1. The molecule has 1 unspecified atom stereocenters. The monoisotopic (exact) mass is 384 g/mol. The van der Waals surface area contributed by atoms with E-state index in [1.165, 1.54) is 0 Å². The maximum atomic E-state index is 11.8. The molecule has 25 heavy (non-hydrogen) atoms. The summed E-state index contributed by atoms with van der Waals surface area (Å²) >= 11 is 6.56. The first-order chi connectivity index (χ1) is 11.8. The van der Waals surface area contributed by atoms with E-state index in [1.54, 1.807) is 43.0 Å². The lowest BCUT2D eigenvalue weighted by atomic mass is 9.90. The molecule has 7 nitrogen and oxygen atoms in total. The van der Waals surface area contributed by atoms with Crippen LogP contribution < -0.4 is 0 Å². The molecule has 1 aliphatic rings. The first-order valence-electron chi connectivity index (χ1n) is 7.38. The van der Waals surface area contributed by atoms with Crippen molar-refractivity contribution in [1.82, 2.24) is 4.90 Å². The van der Waals surface area contributed by atoms with E-state index in [1.807, 2.05) is 0 Å². The molecule has 0 aliphatic carbocycles. The van der Waals surface area contributed by atoms with Crippen molar-refractivity contribution in [3.8, 4) is 0 Å². The van der Waals surface area contributed by atoms with E-state index in [0.29, 0.717) is 38.6 Å². The van der Waals surface area contributed by atoms with Gasteiger partial charge in [0.1, 0.15) is 5.92 Å². The summed E-state index contributed by atoms with van der Waals surface area (Å²) < 4.78 is 0. The number of hydrogen-bond acceptors (Lipinski definition) is 6. The van der Waals surface area contributed by atoms with Crippen molar-refractivity contribution in [3.05, 3.63) is 67.0 Å². The number of nitrogens with zero attached hydrogens (tertiary/aromatic N) is 2. The van der Waals surface area contributed by atoms with Gasteiger partial charge in [-0.3, -0.25) is 10.1 Å². The third-order valence-electron chi connectivity index (χ3n) is 3.97. The van der Waals surface area contributed by atoms with Gasteiger partial charge in [-0.05, 0) is 43.3 Å². The quantitative estimate of drug-likeness (QED) is 0.586. The summed E-state index contributed by atoms with van der Waals surface area (Å²) in [6.07, 6.45) is 0. The molecule has 0 bridgehead atoms. The molecule has 9 heteroatoms. The van der Waals surface area contributed by atoms with E-state index in [0.717, 1.165) is 0 Å². The van der Waals surface area contributed by atoms with E-state index in [2.05, 4.69) is 0 Å². The predicted molar refractivity (Wildman–Crippen MR) is 96.0 cm³/mol. The van der Waals surface area contributed by atoms with Crippen LogP contribution in [0.4, 0.5) is 4.79 Å². The molecule has 0 amide bonds. The van der Waals surface area contributed by atoms with E-state index >= 15 is 0 Å². The van der Waals surface area contributed by atoms with Crippen molar-refractivity contribution in [1.29, 1.82) is 0 Å². The Labute approximate surface area is 153 Å². The number of carboxylic acid groups (broad SMARTS) is 1. The number of aliphatic hydroxyl groups excluding tert-OH is 1. The molecule has 2 N–H and O–H groups in total. The average Bonchev–Trinajstić information content (AvgIpc) is 2.53. The summed E-state index contributed by atoms with van der Waals surface area (Å²) in [6.45, 7) is 3.21. The van der Waals surface area contributed by atoms with Crippen molar-refractivity contribution in [2.45, 2.75) is 19.8 Å². The van der Waals surface area contributed by atoms with Gasteiger partial charge in [-0.25, -0.2) is 4.79 Å². The first-order valence-corrected chi connectivity index (χ1v) is 8.58. The maximum absolute atomic E-state index is 11.8. The molecule has 0 spiro atoms. The summed E-state index contributed by atoms with van der Waals surface area (Å²) in [5, 5.41) is 29.5. The second kappa shape index (κ2) is 7.90. The minimum atomic E-state index is -1.16. The lowest BCUT2D eigenvalue weighted by molar-refractivity contribution is -0.431. The highest BCUT2D eigenvalue weighted by Crippen LogP contribution is 2.47. The van der Waals surface area contributed by atoms with Crippen LogP contribution in [0.25, 0.3) is 0 Å². The SMILES string of the molecule is CC1=C(SC(=O)O)C(c2cccc(Cl)c2)C([N+](=O)[O-])=C(C)N1CCO. The number of aliphatic hydroxyl groups is 1. The van der Waals surface area contributed by atoms with E-state index in [9.17, 15) is 25.1 Å². The Bertz CT molecular complexity index is 778. The number of halogens is 1. The zero-order chi connectivity index (χ0) is 18.7. The van der Waals surface area contributed by atoms with Gasteiger partial charge < -0.3 is 15.1 Å². The fourth-order valence-electron chi connectivity index (χ4n) is 2.96. The number of allylic oxidation sites excluding steroid dienone is 3. The smallest absolute Gasteiger partial charge is 0.369 e. The highest BCUT2D eigenvalue weighted by Gasteiger charge is 2.41. The highest BCUT2D eigenvalue weighted by atomic mass is 35.5. The number of benzene rings is 1. The number of carbonyl (C=O) groups is 1. The standard InChI is InChI=1S/C16H17ClN2O5S/c1-9-14(19(23)24)13(11-4-3-5-12(17)8-11)15(25-16(21)22)10(2)18(9)6-7-20/h3-5,8,13,20H,6-7H2,1-2H3,(H,21,22). The van der Waals surface area contributed by atoms with Crippen molar-refractivity contribution in [2.75, 3.05) is 13.2 Å². The van der Waals surface area contributed by atoms with Gasteiger partial charge in [0.15, 0.2) is 0 Å². The number of thioether (sulfide) groups is 1. The summed E-state index contributed by atoms with van der Waals surface area (Å²) in [6, 6.07) is 6.60. The third kappa shape index (κ3) is 3.97. The topological polar surface area (TPSA) is 104 Å². The van der Waals surface area contributed by atoms with Gasteiger partial charge in [-0.2, -0.15) is 0 Å². The van der Waals surface area contributed by atoms with Crippen LogP contribution in [-0.4, -0.2) is 38.5 Å². The van der Waals surface area contributed by atoms with Gasteiger partial charge in [0.2, 0.25) is 0 Å². The molecule has 0 radical (unpaired) electrons. The molecule has 0 saturated carbocycles. The number of nitro groups is 1. The van der Waals surface area contributed by atoms with Crippen molar-refractivity contribution in [3.63, 3.8) is 0 Å². The van der Waals surface area contributed by atoms with Crippen LogP contribution in [0.5, 0.6) is 0 Å². The van der Waals surface area contributed by atoms with Crippen molar-refractivity contribution < 1.29 is 19.9 Å². The minimum Gasteiger partial charge on any atom is -0.473 e. The molecular formula is C16H17ClN2O5S. The van der Waals surface area contributed by atoms with Gasteiger partial charge in [-0.1, -0.05) is 23.7 Å². The van der Waals surface area contributed by atoms with E-state index in [4.69, 9.17) is 11.6 Å². The Morgan fingerprint density at radius 1 is 1.40 bits per heavy atom. The Morgan fingerprint density at radius 3 is 2.60 bits per heavy atom. The average molecular weight is 385 g/mol. The molecule has 1 heterocycles. The second-order valence-electron chi connectivity index (χ2n) is 5.41. The zero-order valence-electron chi connectivity index (χ0n) is 13.6. The van der Waals surface area contributed by atoms with Gasteiger partial charge in [0, 0.05) is 22.2 Å². The van der Waals surface area contributed by atoms with Gasteiger partial charge in [0.25, 0.3) is 5.70 Å². The lowest BCUT2D eigenvalue weighted by Gasteiger charge is -2.34.